The predicted octanol–water partition coefficient (Wildman–Crippen LogP) is 2.17. The van der Waals surface area contributed by atoms with Gasteiger partial charge >= 0.3 is 24.2 Å². The summed E-state index contributed by atoms with van der Waals surface area (Å²) >= 11 is 0. The van der Waals surface area contributed by atoms with Crippen molar-refractivity contribution in [1.29, 1.82) is 0 Å². The lowest BCUT2D eigenvalue weighted by molar-refractivity contribution is -0.144. The summed E-state index contributed by atoms with van der Waals surface area (Å²) in [4.78, 5) is 46.3. The Balaban J connectivity index is 4.49. The molecule has 0 rings (SSSR count). The Morgan fingerprint density at radius 3 is 2.16 bits per heavy atom. The topological polar surface area (TPSA) is 117 Å². The van der Waals surface area contributed by atoms with E-state index in [1.165, 1.54) is 0 Å². The summed E-state index contributed by atoms with van der Waals surface area (Å²) in [5.41, 5.74) is -0.746. The third-order valence-electron chi connectivity index (χ3n) is 2.55. The maximum atomic E-state index is 11.7. The quantitative estimate of drug-likeness (QED) is 0.416. The number of hydrogen-bond acceptors (Lipinski definition) is 8. The molecular formula is C16H27NO8. The van der Waals surface area contributed by atoms with E-state index in [0.717, 1.165) is 7.11 Å². The van der Waals surface area contributed by atoms with Gasteiger partial charge in [0, 0.05) is 6.42 Å². The highest BCUT2D eigenvalue weighted by Gasteiger charge is 2.26. The number of nitrogens with one attached hydrogen (secondary N) is 1. The van der Waals surface area contributed by atoms with Crippen molar-refractivity contribution >= 4 is 24.2 Å². The first kappa shape index (κ1) is 22.7. The second kappa shape index (κ2) is 10.5. The van der Waals surface area contributed by atoms with Gasteiger partial charge in [-0.05, 0) is 33.1 Å². The first-order chi connectivity index (χ1) is 11.4. The van der Waals surface area contributed by atoms with E-state index in [1.807, 2.05) is 13.8 Å². The van der Waals surface area contributed by atoms with Crippen LogP contribution in [-0.4, -0.2) is 49.5 Å². The largest absolute Gasteiger partial charge is 0.516 e. The Labute approximate surface area is 147 Å². The molecule has 0 heterocycles. The molecule has 0 saturated heterocycles. The molecule has 1 amide bonds. The van der Waals surface area contributed by atoms with E-state index in [9.17, 15) is 19.2 Å². The van der Waals surface area contributed by atoms with Crippen LogP contribution in [0.5, 0.6) is 0 Å². The van der Waals surface area contributed by atoms with Gasteiger partial charge in [-0.3, -0.25) is 4.79 Å². The Kier molecular flexibility index (Phi) is 9.55. The second-order valence-corrected chi connectivity index (χ2v) is 6.69. The van der Waals surface area contributed by atoms with Gasteiger partial charge in [0.2, 0.25) is 0 Å². The molecule has 0 unspecified atom stereocenters. The summed E-state index contributed by atoms with van der Waals surface area (Å²) in [5.74, 6) is -1.53. The summed E-state index contributed by atoms with van der Waals surface area (Å²) < 4.78 is 18.8. The van der Waals surface area contributed by atoms with Gasteiger partial charge in [0.15, 0.2) is 0 Å². The number of amides is 1. The highest BCUT2D eigenvalue weighted by atomic mass is 16.7. The van der Waals surface area contributed by atoms with Crippen molar-refractivity contribution in [2.75, 3.05) is 13.7 Å². The van der Waals surface area contributed by atoms with Crippen molar-refractivity contribution in [3.63, 3.8) is 0 Å². The molecule has 0 bridgehead atoms. The first-order valence-corrected chi connectivity index (χ1v) is 7.89. The van der Waals surface area contributed by atoms with Gasteiger partial charge in [-0.15, -0.1) is 0 Å². The number of rotatable bonds is 7. The lowest BCUT2D eigenvalue weighted by Crippen LogP contribution is -2.44. The van der Waals surface area contributed by atoms with Crippen LogP contribution in [0.2, 0.25) is 0 Å². The summed E-state index contributed by atoms with van der Waals surface area (Å²) in [5, 5.41) is 2.31. The molecule has 0 radical (unpaired) electrons. The zero-order valence-electron chi connectivity index (χ0n) is 15.5. The Bertz CT molecular complexity index is 481. The minimum Gasteiger partial charge on any atom is -0.467 e. The van der Waals surface area contributed by atoms with Crippen molar-refractivity contribution in [1.82, 2.24) is 5.32 Å². The normalized spacial score (nSPS) is 12.1. The number of carbonyl (C=O) groups is 4. The van der Waals surface area contributed by atoms with Crippen LogP contribution in [0, 0.1) is 5.92 Å². The highest BCUT2D eigenvalue weighted by Crippen LogP contribution is 2.09. The van der Waals surface area contributed by atoms with Crippen molar-refractivity contribution < 1.29 is 38.1 Å². The Morgan fingerprint density at radius 1 is 1.08 bits per heavy atom. The molecule has 0 aromatic heterocycles. The van der Waals surface area contributed by atoms with Crippen molar-refractivity contribution in [3.8, 4) is 0 Å². The minimum atomic E-state index is -1.11. The van der Waals surface area contributed by atoms with Gasteiger partial charge < -0.3 is 24.3 Å². The SMILES string of the molecule is COC(=O)[C@@H](CCC(=O)OC(=O)OCC(C)C)NC(=O)OC(C)(C)C. The first-order valence-electron chi connectivity index (χ1n) is 7.89. The van der Waals surface area contributed by atoms with E-state index in [0.29, 0.717) is 0 Å². The van der Waals surface area contributed by atoms with Crippen LogP contribution in [0.4, 0.5) is 9.59 Å². The lowest BCUT2D eigenvalue weighted by atomic mass is 10.1. The smallest absolute Gasteiger partial charge is 0.467 e. The predicted molar refractivity (Wildman–Crippen MR) is 86.7 cm³/mol. The van der Waals surface area contributed by atoms with E-state index in [4.69, 9.17) is 9.47 Å². The number of esters is 2. The van der Waals surface area contributed by atoms with Crippen LogP contribution in [0.15, 0.2) is 0 Å². The monoisotopic (exact) mass is 361 g/mol. The third-order valence-corrected chi connectivity index (χ3v) is 2.55. The second-order valence-electron chi connectivity index (χ2n) is 6.69. The van der Waals surface area contributed by atoms with Gasteiger partial charge in [-0.2, -0.15) is 0 Å². The molecule has 9 heteroatoms. The maximum Gasteiger partial charge on any atom is 0.516 e. The zero-order chi connectivity index (χ0) is 19.6. The van der Waals surface area contributed by atoms with Crippen molar-refractivity contribution in [2.45, 2.75) is 59.1 Å². The average molecular weight is 361 g/mol. The van der Waals surface area contributed by atoms with Crippen LogP contribution in [0.25, 0.3) is 0 Å². The number of alkyl carbamates (subject to hydrolysis) is 1. The number of hydrogen-bond donors (Lipinski definition) is 1. The zero-order valence-corrected chi connectivity index (χ0v) is 15.5. The highest BCUT2D eigenvalue weighted by molar-refractivity contribution is 5.84. The van der Waals surface area contributed by atoms with Crippen molar-refractivity contribution in [2.24, 2.45) is 5.92 Å². The fourth-order valence-electron chi connectivity index (χ4n) is 1.51. The molecule has 0 fully saturated rings. The molecule has 9 nitrogen and oxygen atoms in total. The average Bonchev–Trinajstić information content (AvgIpc) is 2.46. The Hall–Kier alpha value is -2.32. The molecule has 1 N–H and O–H groups in total. The summed E-state index contributed by atoms with van der Waals surface area (Å²) in [6, 6.07) is -1.11. The molecule has 0 spiro atoms. The van der Waals surface area contributed by atoms with Gasteiger partial charge in [-0.25, -0.2) is 14.4 Å². The maximum absolute atomic E-state index is 11.7. The fraction of sp³-hybridized carbons (Fsp3) is 0.750. The molecular weight excluding hydrogens is 334 g/mol. The van der Waals surface area contributed by atoms with Gasteiger partial charge in [0.05, 0.1) is 13.7 Å². The molecule has 0 aliphatic heterocycles. The van der Waals surface area contributed by atoms with Crippen LogP contribution < -0.4 is 5.32 Å². The van der Waals surface area contributed by atoms with E-state index < -0.39 is 35.8 Å². The molecule has 0 aliphatic rings. The van der Waals surface area contributed by atoms with Crippen LogP contribution in [-0.2, 0) is 28.5 Å². The molecule has 0 aromatic rings. The van der Waals surface area contributed by atoms with Crippen LogP contribution in [0.3, 0.4) is 0 Å². The molecule has 0 aromatic carbocycles. The summed E-state index contributed by atoms with van der Waals surface area (Å²) in [7, 11) is 1.15. The van der Waals surface area contributed by atoms with E-state index in [-0.39, 0.29) is 25.4 Å². The fourth-order valence-corrected chi connectivity index (χ4v) is 1.51. The standard InChI is InChI=1S/C16H27NO8/c1-10(2)9-23-15(21)24-12(18)8-7-11(13(19)22-6)17-14(20)25-16(3,4)5/h10-11H,7-9H2,1-6H3,(H,17,20)/t11-/m1/s1. The summed E-state index contributed by atoms with van der Waals surface area (Å²) in [6.45, 7) is 8.79. The van der Waals surface area contributed by atoms with Crippen molar-refractivity contribution in [3.05, 3.63) is 0 Å². The van der Waals surface area contributed by atoms with E-state index in [1.54, 1.807) is 20.8 Å². The van der Waals surface area contributed by atoms with Gasteiger partial charge in [-0.1, -0.05) is 13.8 Å². The lowest BCUT2D eigenvalue weighted by Gasteiger charge is -2.22. The Morgan fingerprint density at radius 2 is 1.68 bits per heavy atom. The van der Waals surface area contributed by atoms with Crippen LogP contribution >= 0.6 is 0 Å². The van der Waals surface area contributed by atoms with E-state index >= 15 is 0 Å². The molecule has 144 valence electrons. The molecule has 1 atom stereocenters. The van der Waals surface area contributed by atoms with Gasteiger partial charge in [0.25, 0.3) is 0 Å². The minimum absolute atomic E-state index is 0.101. The molecule has 0 aliphatic carbocycles. The van der Waals surface area contributed by atoms with Gasteiger partial charge in [0.1, 0.15) is 11.6 Å². The molecule has 25 heavy (non-hydrogen) atoms. The summed E-state index contributed by atoms with van der Waals surface area (Å²) in [6.07, 6.45) is -2.35. The number of methoxy groups -OCH3 is 1. The van der Waals surface area contributed by atoms with E-state index in [2.05, 4.69) is 14.8 Å². The number of ether oxygens (including phenoxy) is 4. The van der Waals surface area contributed by atoms with Crippen LogP contribution in [0.1, 0.15) is 47.5 Å². The third kappa shape index (κ3) is 11.8. The number of carbonyl (C=O) groups excluding carboxylic acids is 4. The molecule has 0 saturated carbocycles.